The second kappa shape index (κ2) is 5.76. The number of nitrogens with zero attached hydrogens (tertiary/aromatic N) is 1. The van der Waals surface area contributed by atoms with Crippen LogP contribution in [0.25, 0.3) is 0 Å². The molecule has 10 heteroatoms. The van der Waals surface area contributed by atoms with Crippen molar-refractivity contribution in [1.82, 2.24) is 15.6 Å². The molecule has 0 radical (unpaired) electrons. The van der Waals surface area contributed by atoms with Crippen molar-refractivity contribution in [3.8, 4) is 5.75 Å². The van der Waals surface area contributed by atoms with Gasteiger partial charge >= 0.3 is 6.18 Å². The zero-order valence-electron chi connectivity index (χ0n) is 10.7. The predicted octanol–water partition coefficient (Wildman–Crippen LogP) is 1.19. The van der Waals surface area contributed by atoms with Crippen LogP contribution in [0.4, 0.5) is 13.2 Å². The monoisotopic (exact) mass is 314 g/mol. The van der Waals surface area contributed by atoms with E-state index in [-0.39, 0.29) is 11.3 Å². The van der Waals surface area contributed by atoms with Gasteiger partial charge in [-0.2, -0.15) is 18.3 Å². The van der Waals surface area contributed by atoms with Crippen LogP contribution >= 0.6 is 0 Å². The first-order chi connectivity index (χ1) is 10.3. The summed E-state index contributed by atoms with van der Waals surface area (Å²) in [6.45, 7) is 0. The summed E-state index contributed by atoms with van der Waals surface area (Å²) in [4.78, 5) is 22.9. The number of aromatic nitrogens is 2. The molecule has 0 saturated heterocycles. The van der Waals surface area contributed by atoms with Crippen LogP contribution in [0.5, 0.6) is 5.75 Å². The fourth-order valence-corrected chi connectivity index (χ4v) is 1.60. The number of para-hydroxylation sites is 1. The number of hydrazone groups is 1. The second-order valence-electron chi connectivity index (χ2n) is 4.08. The number of nitrogens with one attached hydrogen (secondary N) is 3. The molecule has 0 aliphatic rings. The lowest BCUT2D eigenvalue weighted by Crippen LogP contribution is -2.19. The normalized spacial score (nSPS) is 11.8. The summed E-state index contributed by atoms with van der Waals surface area (Å²) >= 11 is 0. The van der Waals surface area contributed by atoms with Gasteiger partial charge in [-0.1, -0.05) is 12.1 Å². The molecule has 0 aliphatic carbocycles. The minimum Gasteiger partial charge on any atom is -0.507 e. The maximum atomic E-state index is 12.6. The number of halogens is 3. The lowest BCUT2D eigenvalue weighted by Gasteiger charge is -2.03. The number of carbonyl (C=O) groups is 1. The number of hydrogen-bond donors (Lipinski definition) is 4. The van der Waals surface area contributed by atoms with Crippen molar-refractivity contribution in [2.24, 2.45) is 5.10 Å². The van der Waals surface area contributed by atoms with E-state index in [1.165, 1.54) is 24.3 Å². The number of aromatic amines is 2. The first-order valence-electron chi connectivity index (χ1n) is 5.80. The Kier molecular flexibility index (Phi) is 4.02. The Morgan fingerprint density at radius 3 is 2.59 bits per heavy atom. The third-order valence-electron chi connectivity index (χ3n) is 2.61. The highest BCUT2D eigenvalue weighted by atomic mass is 19.4. The number of hydrogen-bond acceptors (Lipinski definition) is 4. The number of benzene rings is 1. The van der Waals surface area contributed by atoms with Crippen LogP contribution in [0.15, 0.2) is 34.2 Å². The van der Waals surface area contributed by atoms with E-state index in [4.69, 9.17) is 0 Å². The Balaban J connectivity index is 2.18. The first kappa shape index (κ1) is 15.4. The average molecular weight is 314 g/mol. The summed E-state index contributed by atoms with van der Waals surface area (Å²) in [5, 5.41) is 16.2. The smallest absolute Gasteiger partial charge is 0.433 e. The molecule has 0 fully saturated rings. The van der Waals surface area contributed by atoms with Crippen LogP contribution in [-0.4, -0.2) is 27.4 Å². The maximum absolute atomic E-state index is 12.6. The van der Waals surface area contributed by atoms with Crippen LogP contribution in [0, 0.1) is 0 Å². The summed E-state index contributed by atoms with van der Waals surface area (Å²) in [6.07, 6.45) is -4.21. The summed E-state index contributed by atoms with van der Waals surface area (Å²) in [5.74, 6) is -1.15. The SMILES string of the molecule is O=C(N/N=C\c1c(C(F)(F)F)[nH][nH]c1=O)c1ccccc1O. The van der Waals surface area contributed by atoms with Crippen LogP contribution < -0.4 is 11.0 Å². The maximum Gasteiger partial charge on any atom is 0.433 e. The average Bonchev–Trinajstić information content (AvgIpc) is 2.80. The van der Waals surface area contributed by atoms with Gasteiger partial charge in [0, 0.05) is 0 Å². The van der Waals surface area contributed by atoms with Gasteiger partial charge in [0.25, 0.3) is 11.5 Å². The molecule has 116 valence electrons. The number of alkyl halides is 3. The lowest BCUT2D eigenvalue weighted by atomic mass is 10.2. The number of phenolic OH excluding ortho intramolecular Hbond substituents is 1. The topological polar surface area (TPSA) is 110 Å². The van der Waals surface area contributed by atoms with E-state index in [9.17, 15) is 27.9 Å². The van der Waals surface area contributed by atoms with Crippen molar-refractivity contribution in [2.75, 3.05) is 0 Å². The number of aromatic hydroxyl groups is 1. The van der Waals surface area contributed by atoms with Crippen molar-refractivity contribution < 1.29 is 23.1 Å². The zero-order chi connectivity index (χ0) is 16.3. The Morgan fingerprint density at radius 2 is 1.95 bits per heavy atom. The molecule has 22 heavy (non-hydrogen) atoms. The Labute approximate surface area is 120 Å². The summed E-state index contributed by atoms with van der Waals surface area (Å²) in [5.41, 5.74) is -1.31. The van der Waals surface area contributed by atoms with Crippen LogP contribution in [0.1, 0.15) is 21.6 Å². The molecule has 4 N–H and O–H groups in total. The molecule has 2 aromatic rings. The highest BCUT2D eigenvalue weighted by molar-refractivity contribution is 5.97. The van der Waals surface area contributed by atoms with E-state index in [0.29, 0.717) is 6.21 Å². The number of carbonyl (C=O) groups excluding carboxylic acids is 1. The second-order valence-corrected chi connectivity index (χ2v) is 4.08. The molecule has 0 spiro atoms. The van der Waals surface area contributed by atoms with Gasteiger partial charge in [0.2, 0.25) is 0 Å². The van der Waals surface area contributed by atoms with E-state index < -0.39 is 28.9 Å². The molecular formula is C12H9F3N4O3. The van der Waals surface area contributed by atoms with Gasteiger partial charge in [0.05, 0.1) is 17.3 Å². The number of phenols is 1. The minimum atomic E-state index is -4.78. The number of rotatable bonds is 3. The van der Waals surface area contributed by atoms with Gasteiger partial charge in [-0.25, -0.2) is 5.43 Å². The fraction of sp³-hybridized carbons (Fsp3) is 0.0833. The Morgan fingerprint density at radius 1 is 1.27 bits per heavy atom. The third kappa shape index (κ3) is 3.16. The lowest BCUT2D eigenvalue weighted by molar-refractivity contribution is -0.141. The summed E-state index contributed by atoms with van der Waals surface area (Å²) < 4.78 is 37.8. The van der Waals surface area contributed by atoms with Crippen LogP contribution in [0.2, 0.25) is 0 Å². The van der Waals surface area contributed by atoms with E-state index in [2.05, 4.69) is 5.10 Å². The first-order valence-corrected chi connectivity index (χ1v) is 5.80. The fourth-order valence-electron chi connectivity index (χ4n) is 1.60. The molecule has 1 heterocycles. The van der Waals surface area contributed by atoms with E-state index in [0.717, 1.165) is 0 Å². The Bertz CT molecular complexity index is 776. The molecule has 1 aromatic carbocycles. The quantitative estimate of drug-likeness (QED) is 0.504. The summed E-state index contributed by atoms with van der Waals surface area (Å²) in [7, 11) is 0. The van der Waals surface area contributed by atoms with Gasteiger partial charge in [0.15, 0.2) is 5.69 Å². The minimum absolute atomic E-state index is 0.112. The zero-order valence-corrected chi connectivity index (χ0v) is 10.7. The van der Waals surface area contributed by atoms with Crippen molar-refractivity contribution in [1.29, 1.82) is 0 Å². The molecular weight excluding hydrogens is 305 g/mol. The molecule has 0 aliphatic heterocycles. The third-order valence-corrected chi connectivity index (χ3v) is 2.61. The predicted molar refractivity (Wildman–Crippen MR) is 69.6 cm³/mol. The summed E-state index contributed by atoms with van der Waals surface area (Å²) in [6, 6.07) is 5.53. The van der Waals surface area contributed by atoms with Gasteiger partial charge in [0.1, 0.15) is 5.75 Å². The van der Waals surface area contributed by atoms with Crippen LogP contribution in [-0.2, 0) is 6.18 Å². The van der Waals surface area contributed by atoms with Crippen molar-refractivity contribution >= 4 is 12.1 Å². The molecule has 0 unspecified atom stereocenters. The van der Waals surface area contributed by atoms with Crippen molar-refractivity contribution in [3.63, 3.8) is 0 Å². The molecule has 0 bridgehead atoms. The molecule has 7 nitrogen and oxygen atoms in total. The van der Waals surface area contributed by atoms with E-state index in [1.54, 1.807) is 10.2 Å². The highest BCUT2D eigenvalue weighted by Crippen LogP contribution is 2.28. The molecule has 1 amide bonds. The largest absolute Gasteiger partial charge is 0.507 e. The number of amides is 1. The van der Waals surface area contributed by atoms with E-state index >= 15 is 0 Å². The number of H-pyrrole nitrogens is 2. The van der Waals surface area contributed by atoms with Crippen LogP contribution in [0.3, 0.4) is 0 Å². The highest BCUT2D eigenvalue weighted by Gasteiger charge is 2.36. The van der Waals surface area contributed by atoms with Crippen molar-refractivity contribution in [2.45, 2.75) is 6.18 Å². The molecule has 0 saturated carbocycles. The molecule has 0 atom stereocenters. The Hall–Kier alpha value is -3.04. The standard InChI is InChI=1S/C12H9F3N4O3/c13-12(14,15)9-7(11(22)19-17-9)5-16-18-10(21)6-3-1-2-4-8(6)20/h1-5,20H,(H,18,21)(H2,17,19,22)/b16-5-. The molecule has 1 aromatic heterocycles. The van der Waals surface area contributed by atoms with Gasteiger partial charge in [-0.3, -0.25) is 19.8 Å². The van der Waals surface area contributed by atoms with Gasteiger partial charge < -0.3 is 5.11 Å². The molecule has 2 rings (SSSR count). The van der Waals surface area contributed by atoms with E-state index in [1.807, 2.05) is 5.43 Å². The van der Waals surface area contributed by atoms with Gasteiger partial charge in [-0.15, -0.1) is 0 Å². The van der Waals surface area contributed by atoms with Crippen molar-refractivity contribution in [3.05, 3.63) is 51.4 Å². The van der Waals surface area contributed by atoms with Gasteiger partial charge in [-0.05, 0) is 12.1 Å².